The predicted molar refractivity (Wildman–Crippen MR) is 67.8 cm³/mol. The fraction of sp³-hybridized carbons (Fsp3) is 0.0714. The van der Waals surface area contributed by atoms with Crippen LogP contribution in [0, 0.1) is 18.6 Å². The first-order valence-electron chi connectivity index (χ1n) is 5.69. The molecule has 1 aromatic heterocycles. The summed E-state index contributed by atoms with van der Waals surface area (Å²) in [6.45, 7) is 1.82. The van der Waals surface area contributed by atoms with Crippen molar-refractivity contribution in [3.05, 3.63) is 47.8 Å². The number of aryl methyl sites for hydroxylation is 1. The van der Waals surface area contributed by atoms with Crippen LogP contribution in [0.1, 0.15) is 5.82 Å². The number of rotatable bonds is 1. The van der Waals surface area contributed by atoms with E-state index >= 15 is 0 Å². The number of nitrogens with zero attached hydrogens (tertiary/aromatic N) is 1. The number of benzene rings is 2. The number of phenols is 1. The minimum absolute atomic E-state index is 0.111. The first-order valence-corrected chi connectivity index (χ1v) is 5.69. The summed E-state index contributed by atoms with van der Waals surface area (Å²) in [7, 11) is 0. The predicted octanol–water partition coefficient (Wildman–Crippen LogP) is 3.52. The normalized spacial score (nSPS) is 11.1. The molecule has 0 aliphatic carbocycles. The SMILES string of the molecule is Cc1nc2cc(-c3cc(F)cc(F)c3O)ccc2[nH]1. The Kier molecular flexibility index (Phi) is 2.48. The van der Waals surface area contributed by atoms with Gasteiger partial charge >= 0.3 is 0 Å². The third kappa shape index (κ3) is 1.93. The number of hydrogen-bond donors (Lipinski definition) is 2. The summed E-state index contributed by atoms with van der Waals surface area (Å²) in [6, 6.07) is 6.85. The van der Waals surface area contributed by atoms with Gasteiger partial charge in [-0.25, -0.2) is 13.8 Å². The lowest BCUT2D eigenvalue weighted by Crippen LogP contribution is -1.87. The maximum Gasteiger partial charge on any atom is 0.168 e. The molecule has 3 nitrogen and oxygen atoms in total. The number of aromatic amines is 1. The molecule has 0 bridgehead atoms. The molecule has 1 heterocycles. The van der Waals surface area contributed by atoms with Crippen molar-refractivity contribution in [1.82, 2.24) is 9.97 Å². The molecule has 0 aliphatic rings. The van der Waals surface area contributed by atoms with Gasteiger partial charge < -0.3 is 10.1 Å². The molecule has 0 radical (unpaired) electrons. The Morgan fingerprint density at radius 2 is 1.95 bits per heavy atom. The molecule has 0 amide bonds. The first-order chi connectivity index (χ1) is 9.04. The molecule has 19 heavy (non-hydrogen) atoms. The van der Waals surface area contributed by atoms with Gasteiger partial charge in [0.1, 0.15) is 11.6 Å². The molecular weight excluding hydrogens is 250 g/mol. The Morgan fingerprint density at radius 1 is 1.16 bits per heavy atom. The summed E-state index contributed by atoms with van der Waals surface area (Å²) in [5.74, 6) is -1.52. The second kappa shape index (κ2) is 4.05. The van der Waals surface area contributed by atoms with E-state index in [9.17, 15) is 13.9 Å². The number of nitrogens with one attached hydrogen (secondary N) is 1. The third-order valence-electron chi connectivity index (χ3n) is 2.94. The Balaban J connectivity index is 2.23. The highest BCUT2D eigenvalue weighted by Gasteiger charge is 2.13. The monoisotopic (exact) mass is 260 g/mol. The molecule has 0 unspecified atom stereocenters. The maximum atomic E-state index is 13.3. The van der Waals surface area contributed by atoms with Gasteiger partial charge in [0.25, 0.3) is 0 Å². The molecule has 0 fully saturated rings. The number of phenolic OH excluding ortho intramolecular Hbond substituents is 1. The van der Waals surface area contributed by atoms with Crippen molar-refractivity contribution in [2.45, 2.75) is 6.92 Å². The minimum atomic E-state index is -0.978. The van der Waals surface area contributed by atoms with Crippen LogP contribution in [0.15, 0.2) is 30.3 Å². The Labute approximate surface area is 107 Å². The Hall–Kier alpha value is -2.43. The quantitative estimate of drug-likeness (QED) is 0.703. The van der Waals surface area contributed by atoms with E-state index in [-0.39, 0.29) is 5.56 Å². The standard InChI is InChI=1S/C14H10F2N2O/c1-7-17-12-3-2-8(4-13(12)18-7)10-5-9(15)6-11(16)14(10)19/h2-6,19H,1H3,(H,17,18). The van der Waals surface area contributed by atoms with E-state index in [2.05, 4.69) is 9.97 Å². The maximum absolute atomic E-state index is 13.3. The second-order valence-corrected chi connectivity index (χ2v) is 4.34. The molecule has 3 aromatic rings. The number of halogens is 2. The molecule has 3 rings (SSSR count). The van der Waals surface area contributed by atoms with Crippen LogP contribution in [0.4, 0.5) is 8.78 Å². The summed E-state index contributed by atoms with van der Waals surface area (Å²) >= 11 is 0. The van der Waals surface area contributed by atoms with Gasteiger partial charge in [-0.1, -0.05) is 6.07 Å². The fourth-order valence-electron chi connectivity index (χ4n) is 2.09. The van der Waals surface area contributed by atoms with Gasteiger partial charge in [-0.2, -0.15) is 0 Å². The van der Waals surface area contributed by atoms with Gasteiger partial charge in [0.2, 0.25) is 0 Å². The van der Waals surface area contributed by atoms with E-state index in [1.54, 1.807) is 18.2 Å². The molecule has 96 valence electrons. The van der Waals surface area contributed by atoms with Crippen molar-refractivity contribution in [1.29, 1.82) is 0 Å². The molecule has 0 saturated carbocycles. The zero-order valence-corrected chi connectivity index (χ0v) is 10.0. The van der Waals surface area contributed by atoms with Crippen LogP contribution in [0.2, 0.25) is 0 Å². The topological polar surface area (TPSA) is 48.9 Å². The summed E-state index contributed by atoms with van der Waals surface area (Å²) < 4.78 is 26.6. The molecular formula is C14H10F2N2O. The summed E-state index contributed by atoms with van der Waals surface area (Å²) in [5, 5.41) is 9.68. The lowest BCUT2D eigenvalue weighted by Gasteiger charge is -2.06. The third-order valence-corrected chi connectivity index (χ3v) is 2.94. The highest BCUT2D eigenvalue weighted by atomic mass is 19.1. The van der Waals surface area contributed by atoms with Gasteiger partial charge in [0.15, 0.2) is 11.6 Å². The summed E-state index contributed by atoms with van der Waals surface area (Å²) in [4.78, 5) is 7.30. The van der Waals surface area contributed by atoms with E-state index in [0.717, 1.165) is 17.4 Å². The van der Waals surface area contributed by atoms with E-state index in [1.165, 1.54) is 0 Å². The van der Waals surface area contributed by atoms with E-state index in [0.29, 0.717) is 17.1 Å². The van der Waals surface area contributed by atoms with Crippen molar-refractivity contribution in [2.75, 3.05) is 0 Å². The van der Waals surface area contributed by atoms with Crippen LogP contribution in [0.25, 0.3) is 22.2 Å². The molecule has 2 aromatic carbocycles. The summed E-state index contributed by atoms with van der Waals surface area (Å²) in [6.07, 6.45) is 0. The molecule has 2 N–H and O–H groups in total. The Bertz CT molecular complexity index is 780. The molecule has 0 atom stereocenters. The van der Waals surface area contributed by atoms with Crippen LogP contribution in [-0.4, -0.2) is 15.1 Å². The smallest absolute Gasteiger partial charge is 0.168 e. The largest absolute Gasteiger partial charge is 0.504 e. The van der Waals surface area contributed by atoms with E-state index < -0.39 is 17.4 Å². The van der Waals surface area contributed by atoms with E-state index in [4.69, 9.17) is 0 Å². The Morgan fingerprint density at radius 3 is 2.74 bits per heavy atom. The zero-order valence-electron chi connectivity index (χ0n) is 10.0. The van der Waals surface area contributed by atoms with Gasteiger partial charge in [0, 0.05) is 11.6 Å². The van der Waals surface area contributed by atoms with Crippen molar-refractivity contribution in [3.63, 3.8) is 0 Å². The van der Waals surface area contributed by atoms with Crippen LogP contribution < -0.4 is 0 Å². The molecule has 0 saturated heterocycles. The van der Waals surface area contributed by atoms with Gasteiger partial charge in [-0.05, 0) is 30.7 Å². The highest BCUT2D eigenvalue weighted by molar-refractivity contribution is 5.83. The minimum Gasteiger partial charge on any atom is -0.504 e. The number of aromatic hydroxyl groups is 1. The molecule has 0 aliphatic heterocycles. The zero-order chi connectivity index (χ0) is 13.6. The van der Waals surface area contributed by atoms with Crippen molar-refractivity contribution in [3.8, 4) is 16.9 Å². The van der Waals surface area contributed by atoms with Crippen molar-refractivity contribution >= 4 is 11.0 Å². The second-order valence-electron chi connectivity index (χ2n) is 4.34. The first kappa shape index (κ1) is 11.6. The number of H-pyrrole nitrogens is 1. The molecule has 0 spiro atoms. The number of hydrogen-bond acceptors (Lipinski definition) is 2. The van der Waals surface area contributed by atoms with Crippen LogP contribution in [0.3, 0.4) is 0 Å². The van der Waals surface area contributed by atoms with Crippen LogP contribution in [0.5, 0.6) is 5.75 Å². The lowest BCUT2D eigenvalue weighted by atomic mass is 10.0. The van der Waals surface area contributed by atoms with Gasteiger partial charge in [-0.15, -0.1) is 0 Å². The highest BCUT2D eigenvalue weighted by Crippen LogP contribution is 2.33. The van der Waals surface area contributed by atoms with Crippen LogP contribution in [-0.2, 0) is 0 Å². The summed E-state index contributed by atoms with van der Waals surface area (Å²) in [5.41, 5.74) is 2.13. The van der Waals surface area contributed by atoms with E-state index in [1.807, 2.05) is 6.92 Å². The lowest BCUT2D eigenvalue weighted by molar-refractivity contribution is 0.430. The number of imidazole rings is 1. The average Bonchev–Trinajstić information content (AvgIpc) is 2.72. The fourth-order valence-corrected chi connectivity index (χ4v) is 2.09. The molecule has 5 heteroatoms. The average molecular weight is 260 g/mol. The van der Waals surface area contributed by atoms with Gasteiger partial charge in [-0.3, -0.25) is 0 Å². The van der Waals surface area contributed by atoms with Crippen molar-refractivity contribution in [2.24, 2.45) is 0 Å². The number of fused-ring (bicyclic) bond motifs is 1. The van der Waals surface area contributed by atoms with Crippen LogP contribution >= 0.6 is 0 Å². The van der Waals surface area contributed by atoms with Crippen molar-refractivity contribution < 1.29 is 13.9 Å². The number of aromatic nitrogens is 2. The van der Waals surface area contributed by atoms with Gasteiger partial charge in [0.05, 0.1) is 11.0 Å².